The molecule has 0 aromatic carbocycles. The summed E-state index contributed by atoms with van der Waals surface area (Å²) in [6.45, 7) is 10.7. The second-order valence-corrected chi connectivity index (χ2v) is 4.20. The van der Waals surface area contributed by atoms with Gasteiger partial charge in [0, 0.05) is 6.21 Å². The minimum atomic E-state index is -0.195. The van der Waals surface area contributed by atoms with Gasteiger partial charge in [-0.1, -0.05) is 27.7 Å². The lowest BCUT2D eigenvalue weighted by atomic mass is 10.00. The summed E-state index contributed by atoms with van der Waals surface area (Å²) < 4.78 is 0. The second-order valence-electron chi connectivity index (χ2n) is 4.20. The van der Waals surface area contributed by atoms with Crippen molar-refractivity contribution in [3.63, 3.8) is 0 Å². The first kappa shape index (κ1) is 9.43. The molecule has 68 valence electrons. The van der Waals surface area contributed by atoms with Crippen molar-refractivity contribution in [1.82, 2.24) is 0 Å². The molecule has 0 aromatic heterocycles. The van der Waals surface area contributed by atoms with Gasteiger partial charge in [0.2, 0.25) is 0 Å². The molecule has 2 heteroatoms. The van der Waals surface area contributed by atoms with Gasteiger partial charge in [-0.15, -0.1) is 0 Å². The third-order valence-electron chi connectivity index (χ3n) is 2.50. The zero-order valence-electron chi connectivity index (χ0n) is 8.63. The standard InChI is InChI=1S/C10H18N2/c1-7(2)9-6-11-10(5,12-9)8(3)4/h6-8H,1-5H3. The molecular formula is C10H18N2. The topological polar surface area (TPSA) is 24.7 Å². The molecule has 2 nitrogen and oxygen atoms in total. The minimum Gasteiger partial charge on any atom is -0.262 e. The summed E-state index contributed by atoms with van der Waals surface area (Å²) >= 11 is 0. The van der Waals surface area contributed by atoms with E-state index in [0.29, 0.717) is 11.8 Å². The Bertz CT molecular complexity index is 226. The number of hydrogen-bond donors (Lipinski definition) is 0. The molecule has 0 aromatic rings. The van der Waals surface area contributed by atoms with E-state index in [4.69, 9.17) is 0 Å². The van der Waals surface area contributed by atoms with Crippen LogP contribution in [0.2, 0.25) is 0 Å². The van der Waals surface area contributed by atoms with Crippen LogP contribution in [0.15, 0.2) is 9.98 Å². The fourth-order valence-electron chi connectivity index (χ4n) is 1.07. The normalized spacial score (nSPS) is 28.8. The maximum absolute atomic E-state index is 4.61. The molecule has 1 rings (SSSR count). The van der Waals surface area contributed by atoms with Crippen molar-refractivity contribution < 1.29 is 0 Å². The van der Waals surface area contributed by atoms with Crippen LogP contribution < -0.4 is 0 Å². The van der Waals surface area contributed by atoms with Crippen LogP contribution in [0.3, 0.4) is 0 Å². The third kappa shape index (κ3) is 1.57. The monoisotopic (exact) mass is 166 g/mol. The summed E-state index contributed by atoms with van der Waals surface area (Å²) in [4.78, 5) is 9.05. The molecule has 1 atom stereocenters. The average Bonchev–Trinajstić information content (AvgIpc) is 2.33. The molecule has 1 unspecified atom stereocenters. The highest BCUT2D eigenvalue weighted by molar-refractivity contribution is 6.32. The van der Waals surface area contributed by atoms with Gasteiger partial charge in [0.05, 0.1) is 5.71 Å². The van der Waals surface area contributed by atoms with E-state index in [1.54, 1.807) is 0 Å². The van der Waals surface area contributed by atoms with Gasteiger partial charge >= 0.3 is 0 Å². The molecule has 0 radical (unpaired) electrons. The van der Waals surface area contributed by atoms with Crippen molar-refractivity contribution in [3.05, 3.63) is 0 Å². The van der Waals surface area contributed by atoms with E-state index in [-0.39, 0.29) is 5.66 Å². The first-order chi connectivity index (χ1) is 5.46. The second kappa shape index (κ2) is 3.00. The maximum atomic E-state index is 4.61. The van der Waals surface area contributed by atoms with Crippen molar-refractivity contribution in [2.24, 2.45) is 21.8 Å². The third-order valence-corrected chi connectivity index (χ3v) is 2.50. The number of rotatable bonds is 2. The largest absolute Gasteiger partial charge is 0.262 e. The number of aliphatic imine (C=N–C) groups is 2. The predicted molar refractivity (Wildman–Crippen MR) is 54.0 cm³/mol. The van der Waals surface area contributed by atoms with E-state index >= 15 is 0 Å². The summed E-state index contributed by atoms with van der Waals surface area (Å²) in [5.74, 6) is 0.972. The Hall–Kier alpha value is -0.660. The van der Waals surface area contributed by atoms with Crippen molar-refractivity contribution in [2.45, 2.75) is 40.3 Å². The van der Waals surface area contributed by atoms with Crippen molar-refractivity contribution in [2.75, 3.05) is 0 Å². The van der Waals surface area contributed by atoms with Gasteiger partial charge in [-0.25, -0.2) is 0 Å². The van der Waals surface area contributed by atoms with Crippen molar-refractivity contribution in [3.8, 4) is 0 Å². The molecule has 1 aliphatic rings. The molecule has 0 saturated carbocycles. The molecule has 12 heavy (non-hydrogen) atoms. The zero-order chi connectivity index (χ0) is 9.35. The van der Waals surface area contributed by atoms with Gasteiger partial charge in [-0.2, -0.15) is 0 Å². The van der Waals surface area contributed by atoms with E-state index < -0.39 is 0 Å². The first-order valence-corrected chi connectivity index (χ1v) is 4.60. The van der Waals surface area contributed by atoms with E-state index in [9.17, 15) is 0 Å². The van der Waals surface area contributed by atoms with Crippen molar-refractivity contribution in [1.29, 1.82) is 0 Å². The lowest BCUT2D eigenvalue weighted by Crippen LogP contribution is -2.24. The van der Waals surface area contributed by atoms with Gasteiger partial charge in [-0.05, 0) is 18.8 Å². The Morgan fingerprint density at radius 2 is 1.83 bits per heavy atom. The molecule has 0 saturated heterocycles. The average molecular weight is 166 g/mol. The summed E-state index contributed by atoms with van der Waals surface area (Å²) in [5, 5.41) is 0. The lowest BCUT2D eigenvalue weighted by Gasteiger charge is -2.21. The van der Waals surface area contributed by atoms with Crippen LogP contribution in [-0.4, -0.2) is 17.6 Å². The summed E-state index contributed by atoms with van der Waals surface area (Å²) in [7, 11) is 0. The van der Waals surface area contributed by atoms with E-state index in [0.717, 1.165) is 5.71 Å². The van der Waals surface area contributed by atoms with Crippen LogP contribution in [0.25, 0.3) is 0 Å². The highest BCUT2D eigenvalue weighted by atomic mass is 15.1. The smallest absolute Gasteiger partial charge is 0.150 e. The fourth-order valence-corrected chi connectivity index (χ4v) is 1.07. The van der Waals surface area contributed by atoms with Crippen LogP contribution in [-0.2, 0) is 0 Å². The Morgan fingerprint density at radius 1 is 1.25 bits per heavy atom. The number of hydrogen-bond acceptors (Lipinski definition) is 2. The lowest BCUT2D eigenvalue weighted by molar-refractivity contribution is 0.366. The molecule has 0 aliphatic carbocycles. The molecular weight excluding hydrogens is 148 g/mol. The Balaban J connectivity index is 2.84. The molecule has 0 bridgehead atoms. The van der Waals surface area contributed by atoms with Crippen LogP contribution in [0.1, 0.15) is 34.6 Å². The molecule has 0 amide bonds. The Kier molecular flexibility index (Phi) is 2.36. The molecule has 1 heterocycles. The van der Waals surface area contributed by atoms with Crippen LogP contribution in [0.4, 0.5) is 0 Å². The van der Waals surface area contributed by atoms with Crippen LogP contribution in [0.5, 0.6) is 0 Å². The molecule has 0 fully saturated rings. The van der Waals surface area contributed by atoms with Gasteiger partial charge in [0.25, 0.3) is 0 Å². The zero-order valence-corrected chi connectivity index (χ0v) is 8.63. The highest BCUT2D eigenvalue weighted by Crippen LogP contribution is 2.27. The Morgan fingerprint density at radius 3 is 2.08 bits per heavy atom. The van der Waals surface area contributed by atoms with Gasteiger partial charge in [0.1, 0.15) is 5.66 Å². The van der Waals surface area contributed by atoms with Crippen LogP contribution in [0, 0.1) is 11.8 Å². The van der Waals surface area contributed by atoms with E-state index in [2.05, 4.69) is 44.6 Å². The SMILES string of the molecule is CC(C)C1=NC(C)(C(C)C)N=C1. The first-order valence-electron chi connectivity index (χ1n) is 4.60. The molecule has 1 aliphatic heterocycles. The van der Waals surface area contributed by atoms with E-state index in [1.807, 2.05) is 6.21 Å². The van der Waals surface area contributed by atoms with Crippen molar-refractivity contribution >= 4 is 11.9 Å². The van der Waals surface area contributed by atoms with Gasteiger partial charge in [-0.3, -0.25) is 9.98 Å². The number of nitrogens with zero attached hydrogens (tertiary/aromatic N) is 2. The summed E-state index contributed by atoms with van der Waals surface area (Å²) in [5.41, 5.74) is 0.936. The van der Waals surface area contributed by atoms with Gasteiger partial charge in [0.15, 0.2) is 0 Å². The highest BCUT2D eigenvalue weighted by Gasteiger charge is 2.30. The van der Waals surface area contributed by atoms with Crippen LogP contribution >= 0.6 is 0 Å². The predicted octanol–water partition coefficient (Wildman–Crippen LogP) is 2.54. The fraction of sp³-hybridized carbons (Fsp3) is 0.800. The minimum absolute atomic E-state index is 0.195. The molecule has 0 spiro atoms. The maximum Gasteiger partial charge on any atom is 0.150 e. The molecule has 0 N–H and O–H groups in total. The summed E-state index contributed by atoms with van der Waals surface area (Å²) in [6, 6.07) is 0. The summed E-state index contributed by atoms with van der Waals surface area (Å²) in [6.07, 6.45) is 1.92. The van der Waals surface area contributed by atoms with Gasteiger partial charge < -0.3 is 0 Å². The van der Waals surface area contributed by atoms with E-state index in [1.165, 1.54) is 0 Å². The quantitative estimate of drug-likeness (QED) is 0.602. The Labute approximate surface area is 74.8 Å².